The summed E-state index contributed by atoms with van der Waals surface area (Å²) >= 11 is 6.79. The lowest BCUT2D eigenvalue weighted by molar-refractivity contribution is -0.384. The number of ether oxygens (including phenoxy) is 1. The highest BCUT2D eigenvalue weighted by Crippen LogP contribution is 2.34. The first-order chi connectivity index (χ1) is 15.8. The van der Waals surface area contributed by atoms with E-state index < -0.39 is 10.8 Å². The number of nitro groups is 1. The highest BCUT2D eigenvalue weighted by atomic mass is 79.9. The van der Waals surface area contributed by atoms with E-state index >= 15 is 0 Å². The lowest BCUT2D eigenvalue weighted by atomic mass is 10.2. The number of hydrogen-bond acceptors (Lipinski definition) is 6. The Bertz CT molecular complexity index is 1200. The van der Waals surface area contributed by atoms with Crippen LogP contribution in [0.15, 0.2) is 80.8 Å². The maximum absolute atomic E-state index is 12.2. The second kappa shape index (κ2) is 11.3. The van der Waals surface area contributed by atoms with Gasteiger partial charge in [-0.25, -0.2) is 5.43 Å². The molecule has 0 saturated heterocycles. The van der Waals surface area contributed by atoms with E-state index in [-0.39, 0.29) is 23.8 Å². The van der Waals surface area contributed by atoms with Gasteiger partial charge in [0.1, 0.15) is 5.75 Å². The van der Waals surface area contributed by atoms with Crippen molar-refractivity contribution in [1.29, 1.82) is 0 Å². The minimum Gasteiger partial charge on any atom is -0.481 e. The van der Waals surface area contributed by atoms with Crippen molar-refractivity contribution >= 4 is 61.3 Å². The Hall–Kier alpha value is -3.57. The molecule has 0 heterocycles. The Morgan fingerprint density at radius 1 is 1.03 bits per heavy atom. The fourth-order valence-corrected chi connectivity index (χ4v) is 4.09. The summed E-state index contributed by atoms with van der Waals surface area (Å²) in [5, 5.41) is 17.5. The predicted octanol–water partition coefficient (Wildman–Crippen LogP) is 4.90. The molecule has 0 aromatic heterocycles. The number of anilines is 1. The third kappa shape index (κ3) is 6.96. The largest absolute Gasteiger partial charge is 0.481 e. The number of benzene rings is 3. The standard InChI is InChI=1S/C22H16Br2N4O5/c23-18-9-14(12-25-27-22(30)15-5-4-8-17(11-15)28(31)32)10-19(24)21(18)33-13-20(29)26-16-6-2-1-3-7-16/h1-12H,13H2,(H,26,29)(H,27,30)/b25-12+. The molecule has 168 valence electrons. The first-order valence-electron chi connectivity index (χ1n) is 9.38. The maximum atomic E-state index is 12.2. The van der Waals surface area contributed by atoms with Crippen LogP contribution >= 0.6 is 31.9 Å². The molecule has 2 N–H and O–H groups in total. The van der Waals surface area contributed by atoms with Crippen molar-refractivity contribution in [2.24, 2.45) is 5.10 Å². The Labute approximate surface area is 205 Å². The van der Waals surface area contributed by atoms with Gasteiger partial charge in [-0.05, 0) is 67.8 Å². The summed E-state index contributed by atoms with van der Waals surface area (Å²) in [6.07, 6.45) is 1.40. The van der Waals surface area contributed by atoms with Crippen LogP contribution in [0.25, 0.3) is 0 Å². The molecule has 0 radical (unpaired) electrons. The summed E-state index contributed by atoms with van der Waals surface area (Å²) in [7, 11) is 0. The van der Waals surface area contributed by atoms with Gasteiger partial charge in [0.15, 0.2) is 6.61 Å². The number of amides is 2. The molecule has 0 aliphatic rings. The third-order valence-electron chi connectivity index (χ3n) is 4.12. The van der Waals surface area contributed by atoms with Crippen molar-refractivity contribution in [3.8, 4) is 5.75 Å². The van der Waals surface area contributed by atoms with E-state index in [0.717, 1.165) is 6.07 Å². The molecule has 0 bridgehead atoms. The molecule has 3 rings (SSSR count). The van der Waals surface area contributed by atoms with Crippen molar-refractivity contribution in [1.82, 2.24) is 5.43 Å². The van der Waals surface area contributed by atoms with Crippen LogP contribution in [0.1, 0.15) is 15.9 Å². The van der Waals surface area contributed by atoms with Crippen molar-refractivity contribution in [2.45, 2.75) is 0 Å². The van der Waals surface area contributed by atoms with Crippen molar-refractivity contribution in [3.05, 3.63) is 96.9 Å². The molecule has 0 spiro atoms. The molecule has 0 saturated carbocycles. The Morgan fingerprint density at radius 3 is 2.39 bits per heavy atom. The molecule has 0 unspecified atom stereocenters. The number of para-hydroxylation sites is 1. The van der Waals surface area contributed by atoms with E-state index in [1.165, 1.54) is 24.4 Å². The number of hydrazone groups is 1. The number of nitro benzene ring substituents is 1. The van der Waals surface area contributed by atoms with Gasteiger partial charge in [0.25, 0.3) is 17.5 Å². The number of rotatable bonds is 8. The van der Waals surface area contributed by atoms with E-state index in [9.17, 15) is 19.7 Å². The van der Waals surface area contributed by atoms with Gasteiger partial charge in [0.2, 0.25) is 0 Å². The monoisotopic (exact) mass is 574 g/mol. The second-order valence-corrected chi connectivity index (χ2v) is 8.23. The average Bonchev–Trinajstić information content (AvgIpc) is 2.79. The van der Waals surface area contributed by atoms with Crippen LogP contribution in [0.3, 0.4) is 0 Å². The van der Waals surface area contributed by atoms with Gasteiger partial charge in [-0.2, -0.15) is 5.10 Å². The van der Waals surface area contributed by atoms with E-state index in [1.807, 2.05) is 18.2 Å². The normalized spacial score (nSPS) is 10.6. The first-order valence-corrected chi connectivity index (χ1v) is 11.0. The maximum Gasteiger partial charge on any atom is 0.271 e. The first kappa shape index (κ1) is 24.1. The molecule has 11 heteroatoms. The van der Waals surface area contributed by atoms with Gasteiger partial charge in [0, 0.05) is 23.4 Å². The van der Waals surface area contributed by atoms with Crippen LogP contribution in [-0.4, -0.2) is 29.6 Å². The molecule has 33 heavy (non-hydrogen) atoms. The molecule has 2 amide bonds. The number of hydrogen-bond donors (Lipinski definition) is 2. The SMILES string of the molecule is O=C(COc1c(Br)cc(/C=N/NC(=O)c2cccc([N+](=O)[O-])c2)cc1Br)Nc1ccccc1. The Morgan fingerprint density at radius 2 is 1.73 bits per heavy atom. The molecular formula is C22H16Br2N4O5. The van der Waals surface area contributed by atoms with E-state index in [0.29, 0.717) is 25.9 Å². The number of nitrogens with one attached hydrogen (secondary N) is 2. The second-order valence-electron chi connectivity index (χ2n) is 6.52. The van der Waals surface area contributed by atoms with Gasteiger partial charge in [-0.15, -0.1) is 0 Å². The quantitative estimate of drug-likeness (QED) is 0.225. The highest BCUT2D eigenvalue weighted by molar-refractivity contribution is 9.11. The molecule has 0 atom stereocenters. The smallest absolute Gasteiger partial charge is 0.271 e. The van der Waals surface area contributed by atoms with Gasteiger partial charge in [0.05, 0.1) is 20.1 Å². The summed E-state index contributed by atoms with van der Waals surface area (Å²) in [6, 6.07) is 17.7. The molecule has 0 fully saturated rings. The van der Waals surface area contributed by atoms with Crippen LogP contribution < -0.4 is 15.5 Å². The van der Waals surface area contributed by atoms with Crippen LogP contribution in [0.2, 0.25) is 0 Å². The number of halogens is 2. The number of nitrogens with zero attached hydrogens (tertiary/aromatic N) is 2. The Balaban J connectivity index is 1.59. The van der Waals surface area contributed by atoms with E-state index in [2.05, 4.69) is 47.7 Å². The number of non-ortho nitro benzene ring substituents is 1. The predicted molar refractivity (Wildman–Crippen MR) is 131 cm³/mol. The summed E-state index contributed by atoms with van der Waals surface area (Å²) in [5.41, 5.74) is 3.54. The molecule has 9 nitrogen and oxygen atoms in total. The van der Waals surface area contributed by atoms with Gasteiger partial charge < -0.3 is 10.1 Å². The molecule has 0 aliphatic heterocycles. The lowest BCUT2D eigenvalue weighted by Crippen LogP contribution is -2.20. The van der Waals surface area contributed by atoms with E-state index in [1.54, 1.807) is 24.3 Å². The molecule has 0 aliphatic carbocycles. The molecular weight excluding hydrogens is 560 g/mol. The highest BCUT2D eigenvalue weighted by Gasteiger charge is 2.12. The number of carbonyl (C=O) groups excluding carboxylic acids is 2. The minimum atomic E-state index is -0.586. The fraction of sp³-hybridized carbons (Fsp3) is 0.0455. The zero-order valence-electron chi connectivity index (χ0n) is 16.8. The van der Waals surface area contributed by atoms with Crippen LogP contribution in [0.5, 0.6) is 5.75 Å². The third-order valence-corrected chi connectivity index (χ3v) is 5.30. The Kier molecular flexibility index (Phi) is 8.28. The lowest BCUT2D eigenvalue weighted by Gasteiger charge is -2.11. The minimum absolute atomic E-state index is 0.112. The topological polar surface area (TPSA) is 123 Å². The van der Waals surface area contributed by atoms with Crippen molar-refractivity contribution in [2.75, 3.05) is 11.9 Å². The van der Waals surface area contributed by atoms with E-state index in [4.69, 9.17) is 4.74 Å². The van der Waals surface area contributed by atoms with Crippen molar-refractivity contribution in [3.63, 3.8) is 0 Å². The molecule has 3 aromatic carbocycles. The van der Waals surface area contributed by atoms with Gasteiger partial charge in [-0.3, -0.25) is 19.7 Å². The average molecular weight is 576 g/mol. The van der Waals surface area contributed by atoms with Crippen LogP contribution in [-0.2, 0) is 4.79 Å². The summed E-state index contributed by atoms with van der Waals surface area (Å²) in [6.45, 7) is -0.196. The van der Waals surface area contributed by atoms with Gasteiger partial charge >= 0.3 is 0 Å². The number of carbonyl (C=O) groups is 2. The van der Waals surface area contributed by atoms with Crippen molar-refractivity contribution < 1.29 is 19.2 Å². The summed E-state index contributed by atoms with van der Waals surface area (Å²) in [4.78, 5) is 34.5. The summed E-state index contributed by atoms with van der Waals surface area (Å²) < 4.78 is 6.74. The molecule has 3 aromatic rings. The van der Waals surface area contributed by atoms with Crippen LogP contribution in [0.4, 0.5) is 11.4 Å². The zero-order valence-corrected chi connectivity index (χ0v) is 20.0. The zero-order chi connectivity index (χ0) is 23.8. The van der Waals surface area contributed by atoms with Gasteiger partial charge in [-0.1, -0.05) is 24.3 Å². The fourth-order valence-electron chi connectivity index (χ4n) is 2.64. The van der Waals surface area contributed by atoms with Crippen LogP contribution in [0, 0.1) is 10.1 Å². The summed E-state index contributed by atoms with van der Waals surface area (Å²) in [5.74, 6) is -0.469.